The lowest BCUT2D eigenvalue weighted by molar-refractivity contribution is -0.149. The smallest absolute Gasteiger partial charge is 0.433 e. The summed E-state index contributed by atoms with van der Waals surface area (Å²) in [6.45, 7) is 4.36. The molecule has 2 aliphatic heterocycles. The van der Waals surface area contributed by atoms with Gasteiger partial charge >= 0.3 is 12.1 Å². The van der Waals surface area contributed by atoms with Gasteiger partial charge in [0.15, 0.2) is 10.9 Å². The molecule has 194 valence electrons. The summed E-state index contributed by atoms with van der Waals surface area (Å²) in [5, 5.41) is 0.0743. The number of rotatable bonds is 7. The van der Waals surface area contributed by atoms with Gasteiger partial charge in [0.2, 0.25) is 0 Å². The van der Waals surface area contributed by atoms with Gasteiger partial charge in [-0.2, -0.15) is 13.2 Å². The van der Waals surface area contributed by atoms with Crippen molar-refractivity contribution < 1.29 is 27.5 Å². The van der Waals surface area contributed by atoms with E-state index >= 15 is 0 Å². The molecule has 2 fully saturated rings. The number of alkyl halides is 3. The molecule has 0 unspecified atom stereocenters. The van der Waals surface area contributed by atoms with Crippen LogP contribution >= 0.6 is 11.8 Å². The van der Waals surface area contributed by atoms with Crippen LogP contribution in [0.5, 0.6) is 0 Å². The van der Waals surface area contributed by atoms with E-state index in [1.807, 2.05) is 4.90 Å². The molecule has 0 N–H and O–H groups in total. The Morgan fingerprint density at radius 1 is 1.08 bits per heavy atom. The molecule has 36 heavy (non-hydrogen) atoms. The number of thioether (sulfide) groups is 1. The number of carbonyl (C=O) groups excluding carboxylic acids is 2. The number of hydrogen-bond donors (Lipinski definition) is 0. The van der Waals surface area contributed by atoms with Crippen molar-refractivity contribution in [3.05, 3.63) is 47.2 Å². The lowest BCUT2D eigenvalue weighted by Gasteiger charge is -2.31. The highest BCUT2D eigenvalue weighted by molar-refractivity contribution is 7.98. The predicted octanol–water partition coefficient (Wildman–Crippen LogP) is 4.80. The Kier molecular flexibility index (Phi) is 8.38. The molecule has 2 aromatic rings. The summed E-state index contributed by atoms with van der Waals surface area (Å²) in [4.78, 5) is 36.6. The number of carbonyl (C=O) groups is 2. The number of amides is 1. The molecular formula is C25H29F3N4O3S. The number of nitrogens with zero attached hydrogens (tertiary/aromatic N) is 4. The average Bonchev–Trinajstić information content (AvgIpc) is 3.42. The molecular weight excluding hydrogens is 493 g/mol. The van der Waals surface area contributed by atoms with Gasteiger partial charge in [0.25, 0.3) is 5.91 Å². The first kappa shape index (κ1) is 26.2. The number of piperidine rings is 1. The standard InChI is InChI=1S/C25H29F3N4O3S/c1-2-35-23(34)19-6-5-13-32(15-19)22(33)18-9-7-17(8-10-18)16-36-24-29-20(25(26,27)28)14-21(30-24)31-11-3-4-12-31/h7-10,14,19H,2-6,11-13,15-16H2,1H3/t19-/m1/s1. The zero-order valence-corrected chi connectivity index (χ0v) is 20.9. The maximum Gasteiger partial charge on any atom is 0.433 e. The average molecular weight is 523 g/mol. The van der Waals surface area contributed by atoms with Gasteiger partial charge in [0, 0.05) is 43.6 Å². The van der Waals surface area contributed by atoms with Crippen LogP contribution in [0.25, 0.3) is 0 Å². The molecule has 2 saturated heterocycles. The third-order valence-corrected chi connectivity index (χ3v) is 7.23. The molecule has 1 atom stereocenters. The Hall–Kier alpha value is -2.82. The Morgan fingerprint density at radius 3 is 2.47 bits per heavy atom. The minimum atomic E-state index is -4.55. The van der Waals surface area contributed by atoms with Crippen LogP contribution in [-0.4, -0.2) is 59.5 Å². The van der Waals surface area contributed by atoms with Crippen LogP contribution in [0.15, 0.2) is 35.5 Å². The van der Waals surface area contributed by atoms with E-state index in [1.165, 1.54) is 0 Å². The second-order valence-electron chi connectivity index (χ2n) is 8.91. The van der Waals surface area contributed by atoms with Gasteiger partial charge in [0.05, 0.1) is 12.5 Å². The molecule has 0 radical (unpaired) electrons. The fourth-order valence-electron chi connectivity index (χ4n) is 4.42. The van der Waals surface area contributed by atoms with Gasteiger partial charge in [-0.15, -0.1) is 0 Å². The number of hydrogen-bond acceptors (Lipinski definition) is 7. The van der Waals surface area contributed by atoms with Gasteiger partial charge in [-0.1, -0.05) is 23.9 Å². The molecule has 1 aromatic heterocycles. The van der Waals surface area contributed by atoms with Crippen LogP contribution in [0.1, 0.15) is 54.2 Å². The SMILES string of the molecule is CCOC(=O)[C@@H]1CCCN(C(=O)c2ccc(CSc3nc(N4CCCC4)cc(C(F)(F)F)n3)cc2)C1. The highest BCUT2D eigenvalue weighted by atomic mass is 32.2. The third-order valence-electron chi connectivity index (χ3n) is 6.31. The van der Waals surface area contributed by atoms with Gasteiger partial charge < -0.3 is 14.5 Å². The summed E-state index contributed by atoms with van der Waals surface area (Å²) in [7, 11) is 0. The summed E-state index contributed by atoms with van der Waals surface area (Å²) in [6.07, 6.45) is -1.24. The van der Waals surface area contributed by atoms with E-state index < -0.39 is 11.9 Å². The van der Waals surface area contributed by atoms with E-state index in [-0.39, 0.29) is 23.0 Å². The first-order valence-electron chi connectivity index (χ1n) is 12.1. The molecule has 4 rings (SSSR count). The zero-order chi connectivity index (χ0) is 25.7. The Morgan fingerprint density at radius 2 is 1.81 bits per heavy atom. The molecule has 2 aliphatic rings. The van der Waals surface area contributed by atoms with Crippen LogP contribution in [0.3, 0.4) is 0 Å². The first-order chi connectivity index (χ1) is 17.2. The van der Waals surface area contributed by atoms with E-state index in [0.717, 1.165) is 42.7 Å². The van der Waals surface area contributed by atoms with E-state index in [0.29, 0.717) is 56.3 Å². The molecule has 0 aliphatic carbocycles. The van der Waals surface area contributed by atoms with Crippen LogP contribution in [0, 0.1) is 5.92 Å². The predicted molar refractivity (Wildman–Crippen MR) is 130 cm³/mol. The molecule has 0 saturated carbocycles. The number of aromatic nitrogens is 2. The minimum Gasteiger partial charge on any atom is -0.466 e. The zero-order valence-electron chi connectivity index (χ0n) is 20.1. The van der Waals surface area contributed by atoms with E-state index in [1.54, 1.807) is 36.1 Å². The summed E-state index contributed by atoms with van der Waals surface area (Å²) >= 11 is 1.13. The van der Waals surface area contributed by atoms with Gasteiger partial charge in [-0.3, -0.25) is 9.59 Å². The number of benzene rings is 1. The number of anilines is 1. The molecule has 3 heterocycles. The molecule has 7 nitrogen and oxygen atoms in total. The molecule has 1 amide bonds. The molecule has 0 bridgehead atoms. The molecule has 1 aromatic carbocycles. The van der Waals surface area contributed by atoms with Crippen molar-refractivity contribution in [1.82, 2.24) is 14.9 Å². The normalized spacial score (nSPS) is 18.4. The van der Waals surface area contributed by atoms with Crippen molar-refractivity contribution >= 4 is 29.5 Å². The number of halogens is 3. The van der Waals surface area contributed by atoms with Crippen LogP contribution in [-0.2, 0) is 21.5 Å². The van der Waals surface area contributed by atoms with Crippen molar-refractivity contribution in [3.63, 3.8) is 0 Å². The number of esters is 1. The van der Waals surface area contributed by atoms with Crippen LogP contribution < -0.4 is 4.90 Å². The summed E-state index contributed by atoms with van der Waals surface area (Å²) in [6, 6.07) is 7.98. The highest BCUT2D eigenvalue weighted by Gasteiger charge is 2.34. The van der Waals surface area contributed by atoms with Gasteiger partial charge in [-0.05, 0) is 50.3 Å². The van der Waals surface area contributed by atoms with Crippen molar-refractivity contribution in [2.75, 3.05) is 37.7 Å². The topological polar surface area (TPSA) is 75.6 Å². The maximum atomic E-state index is 13.4. The Balaban J connectivity index is 1.40. The maximum absolute atomic E-state index is 13.4. The highest BCUT2D eigenvalue weighted by Crippen LogP contribution is 2.33. The van der Waals surface area contributed by atoms with Gasteiger partial charge in [-0.25, -0.2) is 9.97 Å². The first-order valence-corrected chi connectivity index (χ1v) is 13.1. The van der Waals surface area contributed by atoms with Crippen LogP contribution in [0.2, 0.25) is 0 Å². The van der Waals surface area contributed by atoms with E-state index in [9.17, 15) is 22.8 Å². The van der Waals surface area contributed by atoms with Crippen molar-refractivity contribution in [3.8, 4) is 0 Å². The quantitative estimate of drug-likeness (QED) is 0.294. The fourth-order valence-corrected chi connectivity index (χ4v) is 5.23. The fraction of sp³-hybridized carbons (Fsp3) is 0.520. The summed E-state index contributed by atoms with van der Waals surface area (Å²) in [5.74, 6) is -0.0620. The Labute approximate surface area is 212 Å². The number of ether oxygens (including phenoxy) is 1. The van der Waals surface area contributed by atoms with Crippen molar-refractivity contribution in [1.29, 1.82) is 0 Å². The second-order valence-corrected chi connectivity index (χ2v) is 9.86. The summed E-state index contributed by atoms with van der Waals surface area (Å²) in [5.41, 5.74) is 0.397. The van der Waals surface area contributed by atoms with Gasteiger partial charge in [0.1, 0.15) is 5.82 Å². The number of likely N-dealkylation sites (tertiary alicyclic amines) is 1. The lowest BCUT2D eigenvalue weighted by atomic mass is 9.97. The van der Waals surface area contributed by atoms with E-state index in [4.69, 9.17) is 4.74 Å². The van der Waals surface area contributed by atoms with Crippen molar-refractivity contribution in [2.45, 2.75) is 49.7 Å². The minimum absolute atomic E-state index is 0.0743. The largest absolute Gasteiger partial charge is 0.466 e. The van der Waals surface area contributed by atoms with Crippen LogP contribution in [0.4, 0.5) is 19.0 Å². The van der Waals surface area contributed by atoms with E-state index in [2.05, 4.69) is 9.97 Å². The van der Waals surface area contributed by atoms with Crippen molar-refractivity contribution in [2.24, 2.45) is 5.92 Å². The second kappa shape index (κ2) is 11.5. The Bertz CT molecular complexity index is 1080. The third kappa shape index (κ3) is 6.48. The summed E-state index contributed by atoms with van der Waals surface area (Å²) < 4.78 is 45.3. The molecule has 11 heteroatoms. The molecule has 0 spiro atoms. The lowest BCUT2D eigenvalue weighted by Crippen LogP contribution is -2.42. The monoisotopic (exact) mass is 522 g/mol.